The van der Waals surface area contributed by atoms with Gasteiger partial charge in [-0.15, -0.1) is 0 Å². The number of aliphatic hydroxyl groups is 2. The molecule has 0 saturated heterocycles. The van der Waals surface area contributed by atoms with Crippen LogP contribution in [0, 0.1) is 0 Å². The van der Waals surface area contributed by atoms with Gasteiger partial charge in [0.25, 0.3) is 0 Å². The van der Waals surface area contributed by atoms with Crippen molar-refractivity contribution in [2.75, 3.05) is 0 Å². The molecule has 0 aromatic carbocycles. The molecule has 0 fully saturated rings. The lowest BCUT2D eigenvalue weighted by Gasteiger charge is -2.03. The van der Waals surface area contributed by atoms with Crippen molar-refractivity contribution in [2.24, 2.45) is 0 Å². The Morgan fingerprint density at radius 2 is 1.21 bits per heavy atom. The van der Waals surface area contributed by atoms with Gasteiger partial charge in [-0.3, -0.25) is 9.97 Å². The highest BCUT2D eigenvalue weighted by Gasteiger charge is 2.13. The number of carboxylic acids is 2. The average molecular weight is 334 g/mol. The molecule has 24 heavy (non-hydrogen) atoms. The summed E-state index contributed by atoms with van der Waals surface area (Å²) in [5, 5.41) is 34.7. The van der Waals surface area contributed by atoms with Gasteiger partial charge in [0, 0.05) is 37.6 Å². The summed E-state index contributed by atoms with van der Waals surface area (Å²) < 4.78 is 0. The Balaban J connectivity index is 0.000000240. The Morgan fingerprint density at radius 1 is 0.833 bits per heavy atom. The summed E-state index contributed by atoms with van der Waals surface area (Å²) in [7, 11) is 0. The molecule has 0 unspecified atom stereocenters. The number of carbonyl (C=O) groups is 2. The molecule has 0 bridgehead atoms. The molecule has 8 nitrogen and oxygen atoms in total. The van der Waals surface area contributed by atoms with Gasteiger partial charge in [0.2, 0.25) is 0 Å². The van der Waals surface area contributed by atoms with Gasteiger partial charge in [-0.1, -0.05) is 12.1 Å². The van der Waals surface area contributed by atoms with Gasteiger partial charge in [0.15, 0.2) is 12.2 Å². The summed E-state index contributed by atoms with van der Waals surface area (Å²) in [5.74, 6) is -2.42. The lowest BCUT2D eigenvalue weighted by molar-refractivity contribution is -0.147. The first-order valence-electron chi connectivity index (χ1n) is 6.99. The van der Waals surface area contributed by atoms with E-state index in [1.54, 1.807) is 36.7 Å². The Kier molecular flexibility index (Phi) is 8.03. The van der Waals surface area contributed by atoms with Crippen LogP contribution in [0.2, 0.25) is 0 Å². The molecular weight excluding hydrogens is 316 g/mol. The van der Waals surface area contributed by atoms with E-state index < -0.39 is 24.1 Å². The van der Waals surface area contributed by atoms with Gasteiger partial charge in [0.05, 0.1) is 0 Å². The maximum atomic E-state index is 10.2. The molecule has 0 amide bonds. The fourth-order valence-corrected chi connectivity index (χ4v) is 1.66. The van der Waals surface area contributed by atoms with Crippen LogP contribution in [0.25, 0.3) is 0 Å². The second kappa shape index (κ2) is 10.0. The first kappa shape index (κ1) is 19.2. The fraction of sp³-hybridized carbons (Fsp3) is 0.250. The van der Waals surface area contributed by atoms with E-state index in [2.05, 4.69) is 9.97 Å². The smallest absolute Gasteiger partial charge is 0.332 e. The van der Waals surface area contributed by atoms with Crippen LogP contribution in [-0.2, 0) is 22.4 Å². The predicted molar refractivity (Wildman–Crippen MR) is 83.2 cm³/mol. The molecule has 0 aliphatic carbocycles. The van der Waals surface area contributed by atoms with Crippen molar-refractivity contribution in [1.82, 2.24) is 9.97 Å². The highest BCUT2D eigenvalue weighted by Crippen LogP contribution is 2.01. The summed E-state index contributed by atoms with van der Waals surface area (Å²) in [6.07, 6.45) is 3.78. The largest absolute Gasteiger partial charge is 0.479 e. The van der Waals surface area contributed by atoms with Crippen molar-refractivity contribution in [1.29, 1.82) is 0 Å². The molecule has 2 aromatic heterocycles. The molecule has 2 rings (SSSR count). The molecule has 128 valence electrons. The SMILES string of the molecule is O=C(O)[C@@H](O)Cc1cccnc1.O=C(O)[C@H](O)Cc1cccnc1. The van der Waals surface area contributed by atoms with Crippen LogP contribution >= 0.6 is 0 Å². The highest BCUT2D eigenvalue weighted by atomic mass is 16.4. The van der Waals surface area contributed by atoms with Crippen LogP contribution in [-0.4, -0.2) is 54.5 Å². The first-order chi connectivity index (χ1) is 11.4. The van der Waals surface area contributed by atoms with Crippen molar-refractivity contribution in [3.8, 4) is 0 Å². The van der Waals surface area contributed by atoms with Crippen LogP contribution in [0.1, 0.15) is 11.1 Å². The van der Waals surface area contributed by atoms with Crippen LogP contribution in [0.5, 0.6) is 0 Å². The normalized spacial score (nSPS) is 12.4. The standard InChI is InChI=1S/2C8H9NO3/c2*10-7(8(11)12)4-6-2-1-3-9-5-6/h2*1-3,5,7,10H,4H2,(H,11,12)/t2*7-/m10/s1. The third kappa shape index (κ3) is 7.43. The van der Waals surface area contributed by atoms with E-state index >= 15 is 0 Å². The molecule has 0 aliphatic rings. The third-order valence-electron chi connectivity index (χ3n) is 2.87. The topological polar surface area (TPSA) is 141 Å². The average Bonchev–Trinajstić information content (AvgIpc) is 2.57. The van der Waals surface area contributed by atoms with Crippen molar-refractivity contribution < 1.29 is 30.0 Å². The summed E-state index contributed by atoms with van der Waals surface area (Å²) in [6, 6.07) is 6.84. The van der Waals surface area contributed by atoms with E-state index in [4.69, 9.17) is 20.4 Å². The monoisotopic (exact) mass is 334 g/mol. The van der Waals surface area contributed by atoms with Gasteiger partial charge in [-0.2, -0.15) is 0 Å². The number of aliphatic carboxylic acids is 2. The Morgan fingerprint density at radius 3 is 1.46 bits per heavy atom. The third-order valence-corrected chi connectivity index (χ3v) is 2.87. The zero-order chi connectivity index (χ0) is 17.9. The minimum absolute atomic E-state index is 0.100. The lowest BCUT2D eigenvalue weighted by atomic mass is 10.1. The first-order valence-corrected chi connectivity index (χ1v) is 6.99. The Hall–Kier alpha value is -2.84. The second-order valence-electron chi connectivity index (χ2n) is 4.84. The number of nitrogens with zero attached hydrogens (tertiary/aromatic N) is 2. The van der Waals surface area contributed by atoms with Gasteiger partial charge >= 0.3 is 11.9 Å². The van der Waals surface area contributed by atoms with Crippen LogP contribution in [0.4, 0.5) is 0 Å². The number of pyridine rings is 2. The van der Waals surface area contributed by atoms with Gasteiger partial charge in [-0.05, 0) is 23.3 Å². The number of carboxylic acid groups (broad SMARTS) is 2. The minimum Gasteiger partial charge on any atom is -0.479 e. The van der Waals surface area contributed by atoms with Crippen molar-refractivity contribution in [3.63, 3.8) is 0 Å². The van der Waals surface area contributed by atoms with E-state index in [0.717, 1.165) is 0 Å². The van der Waals surface area contributed by atoms with Crippen LogP contribution in [0.15, 0.2) is 49.1 Å². The van der Waals surface area contributed by atoms with Crippen molar-refractivity contribution >= 4 is 11.9 Å². The fourth-order valence-electron chi connectivity index (χ4n) is 1.66. The van der Waals surface area contributed by atoms with E-state index in [9.17, 15) is 9.59 Å². The molecule has 8 heteroatoms. The van der Waals surface area contributed by atoms with E-state index in [0.29, 0.717) is 11.1 Å². The maximum absolute atomic E-state index is 10.2. The number of rotatable bonds is 6. The van der Waals surface area contributed by atoms with Crippen LogP contribution in [0.3, 0.4) is 0 Å². The predicted octanol–water partition coefficient (Wildman–Crippen LogP) is 0.139. The molecule has 2 heterocycles. The molecule has 2 aromatic rings. The van der Waals surface area contributed by atoms with Gasteiger partial charge in [0.1, 0.15) is 0 Å². The molecule has 4 N–H and O–H groups in total. The minimum atomic E-state index is -1.34. The lowest BCUT2D eigenvalue weighted by Crippen LogP contribution is -2.21. The number of hydrogen-bond donors (Lipinski definition) is 4. The second-order valence-corrected chi connectivity index (χ2v) is 4.84. The van der Waals surface area contributed by atoms with Crippen molar-refractivity contribution in [2.45, 2.75) is 25.0 Å². The van der Waals surface area contributed by atoms with E-state index in [-0.39, 0.29) is 12.8 Å². The molecule has 2 atom stereocenters. The molecule has 0 saturated carbocycles. The number of aliphatic hydroxyl groups excluding tert-OH is 2. The quantitative estimate of drug-likeness (QED) is 0.584. The number of hydrogen-bond acceptors (Lipinski definition) is 6. The van der Waals surface area contributed by atoms with Crippen LogP contribution < -0.4 is 0 Å². The Labute approximate surface area is 138 Å². The molecule has 0 spiro atoms. The Bertz CT molecular complexity index is 578. The van der Waals surface area contributed by atoms with Crippen molar-refractivity contribution in [3.05, 3.63) is 60.2 Å². The number of aromatic nitrogens is 2. The molecule has 0 radical (unpaired) electrons. The van der Waals surface area contributed by atoms with E-state index in [1.165, 1.54) is 12.4 Å². The summed E-state index contributed by atoms with van der Waals surface area (Å²) >= 11 is 0. The van der Waals surface area contributed by atoms with Gasteiger partial charge in [-0.25, -0.2) is 9.59 Å². The summed E-state index contributed by atoms with van der Waals surface area (Å²) in [6.45, 7) is 0. The van der Waals surface area contributed by atoms with Gasteiger partial charge < -0.3 is 20.4 Å². The highest BCUT2D eigenvalue weighted by molar-refractivity contribution is 5.72. The molecule has 0 aliphatic heterocycles. The van der Waals surface area contributed by atoms with E-state index in [1.807, 2.05) is 0 Å². The summed E-state index contributed by atoms with van der Waals surface area (Å²) in [5.41, 5.74) is 1.43. The summed E-state index contributed by atoms with van der Waals surface area (Å²) in [4.78, 5) is 28.1. The maximum Gasteiger partial charge on any atom is 0.332 e. The molecular formula is C16H18N2O6. The zero-order valence-electron chi connectivity index (χ0n) is 12.7. The zero-order valence-corrected chi connectivity index (χ0v) is 12.7.